The first-order chi connectivity index (χ1) is 6.77. The molecule has 1 heteroatoms. The number of rotatable bonds is 5. The molecule has 82 valence electrons. The third kappa shape index (κ3) is 2.13. The molecule has 2 saturated carbocycles. The molecule has 14 heavy (non-hydrogen) atoms. The minimum Gasteiger partial charge on any atom is -0.313 e. The van der Waals surface area contributed by atoms with E-state index in [1.54, 1.807) is 0 Å². The van der Waals surface area contributed by atoms with E-state index in [9.17, 15) is 0 Å². The van der Waals surface area contributed by atoms with Gasteiger partial charge in [-0.1, -0.05) is 33.1 Å². The normalized spacial score (nSPS) is 27.9. The summed E-state index contributed by atoms with van der Waals surface area (Å²) >= 11 is 0. The van der Waals surface area contributed by atoms with Crippen molar-refractivity contribution in [2.75, 3.05) is 6.54 Å². The highest BCUT2D eigenvalue weighted by Gasteiger charge is 2.38. The molecule has 0 aromatic heterocycles. The molecule has 0 radical (unpaired) electrons. The van der Waals surface area contributed by atoms with E-state index in [-0.39, 0.29) is 0 Å². The zero-order valence-electron chi connectivity index (χ0n) is 9.81. The second kappa shape index (κ2) is 4.22. The maximum Gasteiger partial charge on any atom is 0.00684 e. The van der Waals surface area contributed by atoms with Crippen LogP contribution >= 0.6 is 0 Å². The SMILES string of the molecule is CCC(C)C1(CNC2CC2)CCCC1. The standard InChI is InChI=1S/C13H25N/c1-3-11(2)13(8-4-5-9-13)10-14-12-6-7-12/h11-12,14H,3-10H2,1-2H3. The van der Waals surface area contributed by atoms with Gasteiger partial charge in [-0.2, -0.15) is 0 Å². The van der Waals surface area contributed by atoms with E-state index in [2.05, 4.69) is 19.2 Å². The van der Waals surface area contributed by atoms with Crippen molar-refractivity contribution in [1.29, 1.82) is 0 Å². The smallest absolute Gasteiger partial charge is 0.00684 e. The zero-order chi connectivity index (χ0) is 10.0. The van der Waals surface area contributed by atoms with Crippen molar-refractivity contribution in [2.24, 2.45) is 11.3 Å². The fraction of sp³-hybridized carbons (Fsp3) is 1.00. The Morgan fingerprint density at radius 3 is 2.43 bits per heavy atom. The quantitative estimate of drug-likeness (QED) is 0.709. The lowest BCUT2D eigenvalue weighted by atomic mass is 9.73. The molecule has 1 nitrogen and oxygen atoms in total. The lowest BCUT2D eigenvalue weighted by Gasteiger charge is -2.35. The Labute approximate surface area is 88.7 Å². The lowest BCUT2D eigenvalue weighted by molar-refractivity contribution is 0.169. The van der Waals surface area contributed by atoms with Crippen LogP contribution in [-0.4, -0.2) is 12.6 Å². The lowest BCUT2D eigenvalue weighted by Crippen LogP contribution is -2.38. The Morgan fingerprint density at radius 1 is 1.29 bits per heavy atom. The fourth-order valence-corrected chi connectivity index (χ4v) is 2.99. The summed E-state index contributed by atoms with van der Waals surface area (Å²) in [5, 5.41) is 3.75. The number of hydrogen-bond acceptors (Lipinski definition) is 1. The third-order valence-corrected chi connectivity index (χ3v) is 4.58. The van der Waals surface area contributed by atoms with Gasteiger partial charge in [0.2, 0.25) is 0 Å². The van der Waals surface area contributed by atoms with E-state index >= 15 is 0 Å². The summed E-state index contributed by atoms with van der Waals surface area (Å²) in [5.41, 5.74) is 0.664. The summed E-state index contributed by atoms with van der Waals surface area (Å²) in [6.07, 6.45) is 10.1. The van der Waals surface area contributed by atoms with Crippen LogP contribution < -0.4 is 5.32 Å². The van der Waals surface area contributed by atoms with Gasteiger partial charge in [-0.3, -0.25) is 0 Å². The molecular weight excluding hydrogens is 170 g/mol. The summed E-state index contributed by atoms with van der Waals surface area (Å²) in [5.74, 6) is 0.913. The van der Waals surface area contributed by atoms with Gasteiger partial charge >= 0.3 is 0 Å². The van der Waals surface area contributed by atoms with E-state index in [1.165, 1.54) is 51.5 Å². The molecule has 2 rings (SSSR count). The van der Waals surface area contributed by atoms with Crippen LogP contribution in [0.2, 0.25) is 0 Å². The maximum atomic E-state index is 3.75. The summed E-state index contributed by atoms with van der Waals surface area (Å²) in [6.45, 7) is 6.11. The average Bonchev–Trinajstić information content (AvgIpc) is 2.92. The first-order valence-corrected chi connectivity index (χ1v) is 6.50. The highest BCUT2D eigenvalue weighted by molar-refractivity contribution is 4.93. The van der Waals surface area contributed by atoms with E-state index in [0.29, 0.717) is 5.41 Å². The first kappa shape index (κ1) is 10.5. The van der Waals surface area contributed by atoms with Gasteiger partial charge in [0.1, 0.15) is 0 Å². The van der Waals surface area contributed by atoms with Crippen LogP contribution in [0.15, 0.2) is 0 Å². The maximum absolute atomic E-state index is 3.75. The molecule has 1 unspecified atom stereocenters. The Balaban J connectivity index is 1.89. The topological polar surface area (TPSA) is 12.0 Å². The number of nitrogens with one attached hydrogen (secondary N) is 1. The van der Waals surface area contributed by atoms with Crippen molar-refractivity contribution in [3.8, 4) is 0 Å². The number of hydrogen-bond donors (Lipinski definition) is 1. The average molecular weight is 195 g/mol. The highest BCUT2D eigenvalue weighted by atomic mass is 15.0. The Hall–Kier alpha value is -0.0400. The first-order valence-electron chi connectivity index (χ1n) is 6.50. The van der Waals surface area contributed by atoms with Crippen LogP contribution in [0.4, 0.5) is 0 Å². The van der Waals surface area contributed by atoms with Gasteiger partial charge in [0.05, 0.1) is 0 Å². The van der Waals surface area contributed by atoms with Crippen molar-refractivity contribution in [2.45, 2.75) is 64.8 Å². The molecule has 1 atom stereocenters. The molecule has 2 fully saturated rings. The Kier molecular flexibility index (Phi) is 3.16. The van der Waals surface area contributed by atoms with Crippen molar-refractivity contribution >= 4 is 0 Å². The summed E-state index contributed by atoms with van der Waals surface area (Å²) in [7, 11) is 0. The van der Waals surface area contributed by atoms with Gasteiger partial charge in [-0.25, -0.2) is 0 Å². The van der Waals surface area contributed by atoms with Gasteiger partial charge in [0.25, 0.3) is 0 Å². The van der Waals surface area contributed by atoms with Crippen LogP contribution in [0.5, 0.6) is 0 Å². The predicted octanol–water partition coefficient (Wildman–Crippen LogP) is 3.34. The highest BCUT2D eigenvalue weighted by Crippen LogP contribution is 2.45. The molecule has 0 aliphatic heterocycles. The van der Waals surface area contributed by atoms with Gasteiger partial charge in [0.15, 0.2) is 0 Å². The van der Waals surface area contributed by atoms with Crippen LogP contribution in [0.3, 0.4) is 0 Å². The van der Waals surface area contributed by atoms with Crippen LogP contribution in [-0.2, 0) is 0 Å². The van der Waals surface area contributed by atoms with Crippen molar-refractivity contribution in [1.82, 2.24) is 5.32 Å². The summed E-state index contributed by atoms with van der Waals surface area (Å²) < 4.78 is 0. The molecule has 0 aromatic carbocycles. The van der Waals surface area contributed by atoms with Gasteiger partial charge in [-0.05, 0) is 37.0 Å². The largest absolute Gasteiger partial charge is 0.313 e. The molecule has 0 saturated heterocycles. The Morgan fingerprint density at radius 2 is 1.93 bits per heavy atom. The molecule has 2 aliphatic carbocycles. The van der Waals surface area contributed by atoms with Gasteiger partial charge in [-0.15, -0.1) is 0 Å². The molecule has 0 spiro atoms. The van der Waals surface area contributed by atoms with Gasteiger partial charge < -0.3 is 5.32 Å². The van der Waals surface area contributed by atoms with Crippen molar-refractivity contribution in [3.63, 3.8) is 0 Å². The zero-order valence-corrected chi connectivity index (χ0v) is 9.81. The van der Waals surface area contributed by atoms with Gasteiger partial charge in [0, 0.05) is 12.6 Å². The minimum absolute atomic E-state index is 0.664. The molecule has 0 aromatic rings. The molecule has 1 N–H and O–H groups in total. The minimum atomic E-state index is 0.664. The van der Waals surface area contributed by atoms with Crippen LogP contribution in [0, 0.1) is 11.3 Å². The predicted molar refractivity (Wildman–Crippen MR) is 61.4 cm³/mol. The Bertz CT molecular complexity index is 178. The van der Waals surface area contributed by atoms with E-state index in [1.807, 2.05) is 0 Å². The van der Waals surface area contributed by atoms with E-state index in [0.717, 1.165) is 12.0 Å². The monoisotopic (exact) mass is 195 g/mol. The third-order valence-electron chi connectivity index (χ3n) is 4.58. The molecule has 0 heterocycles. The summed E-state index contributed by atoms with van der Waals surface area (Å²) in [4.78, 5) is 0. The molecular formula is C13H25N. The molecule has 0 amide bonds. The van der Waals surface area contributed by atoms with Crippen LogP contribution in [0.1, 0.15) is 58.8 Å². The van der Waals surface area contributed by atoms with E-state index < -0.39 is 0 Å². The second-order valence-electron chi connectivity index (χ2n) is 5.53. The van der Waals surface area contributed by atoms with Crippen molar-refractivity contribution in [3.05, 3.63) is 0 Å². The van der Waals surface area contributed by atoms with E-state index in [4.69, 9.17) is 0 Å². The molecule has 2 aliphatic rings. The summed E-state index contributed by atoms with van der Waals surface area (Å²) in [6, 6.07) is 0.886. The van der Waals surface area contributed by atoms with Crippen LogP contribution in [0.25, 0.3) is 0 Å². The fourth-order valence-electron chi connectivity index (χ4n) is 2.99. The second-order valence-corrected chi connectivity index (χ2v) is 5.53. The van der Waals surface area contributed by atoms with Crippen molar-refractivity contribution < 1.29 is 0 Å². The molecule has 0 bridgehead atoms.